The molecule has 0 saturated carbocycles. The van der Waals surface area contributed by atoms with Crippen molar-refractivity contribution in [2.75, 3.05) is 7.11 Å². The molecular weight excluding hydrogens is 187 g/mol. The Hall–Kier alpha value is -1.58. The molecule has 0 aromatic heterocycles. The van der Waals surface area contributed by atoms with E-state index < -0.39 is 11.8 Å². The van der Waals surface area contributed by atoms with E-state index in [0.717, 1.165) is 0 Å². The normalized spacial score (nSPS) is 9.93. The number of hydrogen-bond donors (Lipinski definition) is 1. The van der Waals surface area contributed by atoms with Crippen molar-refractivity contribution >= 4 is 5.97 Å². The number of methoxy groups -OCH3 is 1. The smallest absolute Gasteiger partial charge is 0.307 e. The van der Waals surface area contributed by atoms with Crippen LogP contribution in [0.15, 0.2) is 12.1 Å². The van der Waals surface area contributed by atoms with Crippen LogP contribution in [-0.4, -0.2) is 18.2 Å². The summed E-state index contributed by atoms with van der Waals surface area (Å²) in [4.78, 5) is 10.4. The molecule has 0 unspecified atom stereocenters. The van der Waals surface area contributed by atoms with Crippen molar-refractivity contribution in [2.24, 2.45) is 0 Å². The number of carboxylic acid groups (broad SMARTS) is 1. The van der Waals surface area contributed by atoms with Crippen LogP contribution in [0.4, 0.5) is 4.39 Å². The largest absolute Gasteiger partial charge is 0.496 e. The van der Waals surface area contributed by atoms with Gasteiger partial charge in [0.1, 0.15) is 11.6 Å². The van der Waals surface area contributed by atoms with E-state index in [2.05, 4.69) is 0 Å². The van der Waals surface area contributed by atoms with E-state index in [-0.39, 0.29) is 6.42 Å². The van der Waals surface area contributed by atoms with E-state index in [1.54, 1.807) is 6.92 Å². The van der Waals surface area contributed by atoms with Gasteiger partial charge < -0.3 is 9.84 Å². The number of benzene rings is 1. The Morgan fingerprint density at radius 2 is 2.21 bits per heavy atom. The van der Waals surface area contributed by atoms with Crippen LogP contribution >= 0.6 is 0 Å². The highest BCUT2D eigenvalue weighted by Crippen LogP contribution is 2.22. The third-order valence-corrected chi connectivity index (χ3v) is 1.93. The monoisotopic (exact) mass is 198 g/mol. The lowest BCUT2D eigenvalue weighted by Gasteiger charge is -2.07. The average molecular weight is 198 g/mol. The van der Waals surface area contributed by atoms with Gasteiger partial charge in [-0.2, -0.15) is 0 Å². The van der Waals surface area contributed by atoms with Gasteiger partial charge in [-0.05, 0) is 24.6 Å². The number of aliphatic carboxylic acids is 1. The van der Waals surface area contributed by atoms with E-state index in [0.29, 0.717) is 16.9 Å². The van der Waals surface area contributed by atoms with Crippen molar-refractivity contribution in [1.29, 1.82) is 0 Å². The molecular formula is C10H11FO3. The summed E-state index contributed by atoms with van der Waals surface area (Å²) in [6, 6.07) is 2.75. The van der Waals surface area contributed by atoms with Gasteiger partial charge in [-0.15, -0.1) is 0 Å². The summed E-state index contributed by atoms with van der Waals surface area (Å²) in [5.74, 6) is -1.06. The highest BCUT2D eigenvalue weighted by atomic mass is 19.1. The lowest BCUT2D eigenvalue weighted by molar-refractivity contribution is -0.136. The van der Waals surface area contributed by atoms with Gasteiger partial charge in [-0.25, -0.2) is 4.39 Å². The molecule has 0 radical (unpaired) electrons. The predicted molar refractivity (Wildman–Crippen MR) is 49.0 cm³/mol. The zero-order valence-electron chi connectivity index (χ0n) is 8.00. The Balaban J connectivity index is 3.09. The Bertz CT molecular complexity index is 361. The fourth-order valence-corrected chi connectivity index (χ4v) is 1.20. The first-order chi connectivity index (χ1) is 6.54. The number of carbonyl (C=O) groups is 1. The Morgan fingerprint density at radius 3 is 2.71 bits per heavy atom. The summed E-state index contributed by atoms with van der Waals surface area (Å²) in [6.45, 7) is 1.58. The summed E-state index contributed by atoms with van der Waals surface area (Å²) < 4.78 is 18.1. The third kappa shape index (κ3) is 2.22. The van der Waals surface area contributed by atoms with Crippen LogP contribution in [0.1, 0.15) is 11.1 Å². The number of carboxylic acids is 1. The summed E-state index contributed by atoms with van der Waals surface area (Å²) >= 11 is 0. The molecule has 14 heavy (non-hydrogen) atoms. The van der Waals surface area contributed by atoms with Gasteiger partial charge in [-0.1, -0.05) is 0 Å². The maximum absolute atomic E-state index is 13.2. The highest BCUT2D eigenvalue weighted by molar-refractivity contribution is 5.70. The molecule has 76 valence electrons. The van der Waals surface area contributed by atoms with E-state index in [1.807, 2.05) is 0 Å². The first-order valence-corrected chi connectivity index (χ1v) is 4.09. The molecule has 0 fully saturated rings. The fraction of sp³-hybridized carbons (Fsp3) is 0.300. The van der Waals surface area contributed by atoms with Gasteiger partial charge in [0.25, 0.3) is 0 Å². The minimum Gasteiger partial charge on any atom is -0.496 e. The van der Waals surface area contributed by atoms with E-state index >= 15 is 0 Å². The van der Waals surface area contributed by atoms with Crippen LogP contribution in [-0.2, 0) is 11.2 Å². The van der Waals surface area contributed by atoms with E-state index in [9.17, 15) is 9.18 Å². The fourth-order valence-electron chi connectivity index (χ4n) is 1.20. The molecule has 0 bridgehead atoms. The lowest BCUT2D eigenvalue weighted by Crippen LogP contribution is -2.02. The molecule has 3 nitrogen and oxygen atoms in total. The maximum atomic E-state index is 13.2. The van der Waals surface area contributed by atoms with E-state index in [4.69, 9.17) is 9.84 Å². The second kappa shape index (κ2) is 4.09. The topological polar surface area (TPSA) is 46.5 Å². The SMILES string of the molecule is COc1cc(CC(=O)O)cc(F)c1C. The molecule has 0 aliphatic carbocycles. The minimum atomic E-state index is -0.990. The second-order valence-corrected chi connectivity index (χ2v) is 2.98. The molecule has 1 N–H and O–H groups in total. The van der Waals surface area contributed by atoms with Gasteiger partial charge in [0, 0.05) is 5.56 Å². The van der Waals surface area contributed by atoms with Gasteiger partial charge in [0.2, 0.25) is 0 Å². The van der Waals surface area contributed by atoms with Gasteiger partial charge >= 0.3 is 5.97 Å². The lowest BCUT2D eigenvalue weighted by atomic mass is 10.1. The summed E-state index contributed by atoms with van der Waals surface area (Å²) in [7, 11) is 1.42. The van der Waals surface area contributed by atoms with E-state index in [1.165, 1.54) is 19.2 Å². The van der Waals surface area contributed by atoms with Crippen LogP contribution in [0.2, 0.25) is 0 Å². The van der Waals surface area contributed by atoms with Crippen LogP contribution < -0.4 is 4.74 Å². The first kappa shape index (κ1) is 10.5. The molecule has 0 aliphatic heterocycles. The maximum Gasteiger partial charge on any atom is 0.307 e. The molecule has 0 aliphatic rings. The van der Waals surface area contributed by atoms with Gasteiger partial charge in [0.15, 0.2) is 0 Å². The molecule has 0 atom stereocenters. The summed E-state index contributed by atoms with van der Waals surface area (Å²) in [5.41, 5.74) is 0.791. The second-order valence-electron chi connectivity index (χ2n) is 2.98. The van der Waals surface area contributed by atoms with Crippen molar-refractivity contribution in [3.05, 3.63) is 29.1 Å². The Labute approximate surface area is 81.1 Å². The predicted octanol–water partition coefficient (Wildman–Crippen LogP) is 1.77. The van der Waals surface area contributed by atoms with Gasteiger partial charge in [0.05, 0.1) is 13.5 Å². The summed E-state index contributed by atoms with van der Waals surface area (Å²) in [5, 5.41) is 8.53. The molecule has 1 aromatic rings. The van der Waals surface area contributed by atoms with Gasteiger partial charge in [-0.3, -0.25) is 4.79 Å². The Kier molecular flexibility index (Phi) is 3.06. The van der Waals surface area contributed by atoms with Crippen LogP contribution in [0.25, 0.3) is 0 Å². The first-order valence-electron chi connectivity index (χ1n) is 4.09. The van der Waals surface area contributed by atoms with Crippen molar-refractivity contribution in [3.8, 4) is 5.75 Å². The van der Waals surface area contributed by atoms with Crippen molar-refractivity contribution in [3.63, 3.8) is 0 Å². The molecule has 0 amide bonds. The molecule has 1 rings (SSSR count). The number of rotatable bonds is 3. The Morgan fingerprint density at radius 1 is 1.57 bits per heavy atom. The third-order valence-electron chi connectivity index (χ3n) is 1.93. The molecule has 4 heteroatoms. The van der Waals surface area contributed by atoms with Crippen LogP contribution in [0, 0.1) is 12.7 Å². The molecule has 1 aromatic carbocycles. The molecule has 0 saturated heterocycles. The average Bonchev–Trinajstić information content (AvgIpc) is 2.10. The standard InChI is InChI=1S/C10H11FO3/c1-6-8(11)3-7(5-10(12)13)4-9(6)14-2/h3-4H,5H2,1-2H3,(H,12,13). The van der Waals surface area contributed by atoms with Crippen molar-refractivity contribution < 1.29 is 19.0 Å². The number of hydrogen-bond acceptors (Lipinski definition) is 2. The number of halogens is 1. The summed E-state index contributed by atoms with van der Waals surface area (Å²) in [6.07, 6.45) is -0.201. The van der Waals surface area contributed by atoms with Crippen LogP contribution in [0.3, 0.4) is 0 Å². The molecule has 0 heterocycles. The van der Waals surface area contributed by atoms with Crippen molar-refractivity contribution in [1.82, 2.24) is 0 Å². The number of ether oxygens (including phenoxy) is 1. The quantitative estimate of drug-likeness (QED) is 0.805. The van der Waals surface area contributed by atoms with Crippen LogP contribution in [0.5, 0.6) is 5.75 Å². The molecule has 0 spiro atoms. The minimum absolute atomic E-state index is 0.201. The zero-order chi connectivity index (χ0) is 10.7. The zero-order valence-corrected chi connectivity index (χ0v) is 8.00. The van der Waals surface area contributed by atoms with Crippen molar-refractivity contribution in [2.45, 2.75) is 13.3 Å². The highest BCUT2D eigenvalue weighted by Gasteiger charge is 2.09.